The van der Waals surface area contributed by atoms with Crippen molar-refractivity contribution in [3.8, 4) is 0 Å². The third-order valence-electron chi connectivity index (χ3n) is 5.74. The van der Waals surface area contributed by atoms with Crippen molar-refractivity contribution in [3.63, 3.8) is 0 Å². The van der Waals surface area contributed by atoms with Crippen LogP contribution in [0.15, 0.2) is 53.4 Å². The fourth-order valence-corrected chi connectivity index (χ4v) is 4.88. The number of nitrogens with one attached hydrogen (secondary N) is 1. The second-order valence-electron chi connectivity index (χ2n) is 8.14. The molecule has 0 atom stereocenters. The maximum atomic E-state index is 13.0. The van der Waals surface area contributed by atoms with Gasteiger partial charge in [0, 0.05) is 44.0 Å². The van der Waals surface area contributed by atoms with Crippen molar-refractivity contribution in [1.82, 2.24) is 4.90 Å². The van der Waals surface area contributed by atoms with Crippen LogP contribution in [0, 0.1) is 5.82 Å². The topological polar surface area (TPSA) is 69.7 Å². The SMILES string of the molecule is CCCCCCCC(=O)N1CCN(c2ccc(NS(=O)(=O)c3ccc(F)cc3)cc2)CC1. The van der Waals surface area contributed by atoms with Gasteiger partial charge < -0.3 is 9.80 Å². The molecule has 0 bridgehead atoms. The van der Waals surface area contributed by atoms with Gasteiger partial charge in [-0.3, -0.25) is 9.52 Å². The number of sulfonamides is 1. The highest BCUT2D eigenvalue weighted by molar-refractivity contribution is 7.92. The van der Waals surface area contributed by atoms with Gasteiger partial charge in [0.1, 0.15) is 5.82 Å². The molecule has 1 aliphatic rings. The molecule has 1 saturated heterocycles. The van der Waals surface area contributed by atoms with Crippen LogP contribution in [-0.2, 0) is 14.8 Å². The van der Waals surface area contributed by atoms with Crippen LogP contribution in [0.5, 0.6) is 0 Å². The highest BCUT2D eigenvalue weighted by Gasteiger charge is 2.21. The Balaban J connectivity index is 1.48. The maximum absolute atomic E-state index is 13.0. The lowest BCUT2D eigenvalue weighted by Gasteiger charge is -2.36. The number of carbonyl (C=O) groups is 1. The number of halogens is 1. The smallest absolute Gasteiger partial charge is 0.261 e. The zero-order chi connectivity index (χ0) is 23.0. The molecule has 3 rings (SSSR count). The number of rotatable bonds is 10. The Labute approximate surface area is 190 Å². The van der Waals surface area contributed by atoms with Crippen LogP contribution in [0.1, 0.15) is 45.4 Å². The summed E-state index contributed by atoms with van der Waals surface area (Å²) in [6.07, 6.45) is 6.36. The van der Waals surface area contributed by atoms with Gasteiger partial charge in [-0.2, -0.15) is 0 Å². The second kappa shape index (κ2) is 11.3. The summed E-state index contributed by atoms with van der Waals surface area (Å²) in [7, 11) is -3.77. The first-order valence-electron chi connectivity index (χ1n) is 11.3. The van der Waals surface area contributed by atoms with Crippen molar-refractivity contribution in [1.29, 1.82) is 0 Å². The zero-order valence-corrected chi connectivity index (χ0v) is 19.4. The minimum atomic E-state index is -3.77. The van der Waals surface area contributed by atoms with E-state index in [-0.39, 0.29) is 10.8 Å². The Morgan fingerprint density at radius 2 is 1.53 bits per heavy atom. The quantitative estimate of drug-likeness (QED) is 0.524. The van der Waals surface area contributed by atoms with Gasteiger partial charge in [-0.1, -0.05) is 32.6 Å². The van der Waals surface area contributed by atoms with Crippen LogP contribution in [0.3, 0.4) is 0 Å². The van der Waals surface area contributed by atoms with Crippen molar-refractivity contribution in [2.45, 2.75) is 50.3 Å². The van der Waals surface area contributed by atoms with E-state index in [4.69, 9.17) is 0 Å². The summed E-state index contributed by atoms with van der Waals surface area (Å²) in [5.74, 6) is -0.242. The minimum absolute atomic E-state index is 0.00845. The van der Waals surface area contributed by atoms with E-state index in [1.165, 1.54) is 31.4 Å². The van der Waals surface area contributed by atoms with Crippen molar-refractivity contribution < 1.29 is 17.6 Å². The van der Waals surface area contributed by atoms with Crippen molar-refractivity contribution in [3.05, 3.63) is 54.3 Å². The van der Waals surface area contributed by atoms with E-state index in [0.29, 0.717) is 25.2 Å². The fourth-order valence-electron chi connectivity index (χ4n) is 3.82. The van der Waals surface area contributed by atoms with Crippen molar-refractivity contribution >= 4 is 27.3 Å². The lowest BCUT2D eigenvalue weighted by atomic mass is 10.1. The van der Waals surface area contributed by atoms with E-state index in [2.05, 4.69) is 16.5 Å². The molecule has 174 valence electrons. The van der Waals surface area contributed by atoms with Crippen molar-refractivity contribution in [2.24, 2.45) is 0 Å². The summed E-state index contributed by atoms with van der Waals surface area (Å²) in [5, 5.41) is 0. The number of hydrogen-bond acceptors (Lipinski definition) is 4. The molecular weight excluding hydrogens is 429 g/mol. The summed E-state index contributed by atoms with van der Waals surface area (Å²) in [6, 6.07) is 11.9. The van der Waals surface area contributed by atoms with Crippen LogP contribution in [-0.4, -0.2) is 45.4 Å². The molecule has 0 spiro atoms. The number of unbranched alkanes of at least 4 members (excludes halogenated alkanes) is 4. The molecule has 1 heterocycles. The predicted molar refractivity (Wildman–Crippen MR) is 126 cm³/mol. The summed E-state index contributed by atoms with van der Waals surface area (Å²) in [5.41, 5.74) is 1.43. The van der Waals surface area contributed by atoms with Gasteiger partial charge in [-0.05, 0) is 55.0 Å². The molecule has 2 aromatic rings. The van der Waals surface area contributed by atoms with E-state index in [1.54, 1.807) is 12.1 Å². The molecule has 1 aliphatic heterocycles. The molecule has 0 radical (unpaired) electrons. The maximum Gasteiger partial charge on any atom is 0.261 e. The van der Waals surface area contributed by atoms with Crippen LogP contribution in [0.25, 0.3) is 0 Å². The van der Waals surface area contributed by atoms with Gasteiger partial charge in [-0.15, -0.1) is 0 Å². The Hall–Kier alpha value is -2.61. The molecule has 0 aromatic heterocycles. The molecule has 8 heteroatoms. The first-order chi connectivity index (χ1) is 15.4. The minimum Gasteiger partial charge on any atom is -0.368 e. The molecule has 6 nitrogen and oxygen atoms in total. The Morgan fingerprint density at radius 1 is 0.906 bits per heavy atom. The molecule has 0 aliphatic carbocycles. The zero-order valence-electron chi connectivity index (χ0n) is 18.6. The highest BCUT2D eigenvalue weighted by atomic mass is 32.2. The van der Waals surface area contributed by atoms with E-state index in [1.807, 2.05) is 17.0 Å². The van der Waals surface area contributed by atoms with E-state index in [9.17, 15) is 17.6 Å². The summed E-state index contributed by atoms with van der Waals surface area (Å²) >= 11 is 0. The van der Waals surface area contributed by atoms with Gasteiger partial charge in [-0.25, -0.2) is 12.8 Å². The third kappa shape index (κ3) is 6.69. The highest BCUT2D eigenvalue weighted by Crippen LogP contribution is 2.22. The summed E-state index contributed by atoms with van der Waals surface area (Å²) < 4.78 is 40.5. The van der Waals surface area contributed by atoms with Crippen molar-refractivity contribution in [2.75, 3.05) is 35.8 Å². The van der Waals surface area contributed by atoms with Gasteiger partial charge in [0.25, 0.3) is 10.0 Å². The molecule has 1 amide bonds. The number of nitrogens with zero attached hydrogens (tertiary/aromatic N) is 2. The van der Waals surface area contributed by atoms with E-state index in [0.717, 1.165) is 43.8 Å². The lowest BCUT2D eigenvalue weighted by molar-refractivity contribution is -0.131. The number of piperazine rings is 1. The standard InChI is InChI=1S/C24H32FN3O3S/c1-2-3-4-5-6-7-24(29)28-18-16-27(17-19-28)22-12-10-21(11-13-22)26-32(30,31)23-14-8-20(25)9-15-23/h8-15,26H,2-7,16-19H2,1H3. The first kappa shape index (κ1) is 24.0. The largest absolute Gasteiger partial charge is 0.368 e. The second-order valence-corrected chi connectivity index (χ2v) is 9.82. The van der Waals surface area contributed by atoms with E-state index >= 15 is 0 Å². The van der Waals surface area contributed by atoms with Crippen LogP contribution < -0.4 is 9.62 Å². The summed E-state index contributed by atoms with van der Waals surface area (Å²) in [6.45, 7) is 5.09. The number of benzene rings is 2. The molecule has 0 unspecified atom stereocenters. The molecule has 32 heavy (non-hydrogen) atoms. The summed E-state index contributed by atoms with van der Waals surface area (Å²) in [4.78, 5) is 16.6. The Morgan fingerprint density at radius 3 is 2.16 bits per heavy atom. The van der Waals surface area contributed by atoms with Gasteiger partial charge in [0.05, 0.1) is 4.90 Å². The number of carbonyl (C=O) groups excluding carboxylic acids is 1. The molecule has 1 fully saturated rings. The third-order valence-corrected chi connectivity index (χ3v) is 7.13. The van der Waals surface area contributed by atoms with Crippen LogP contribution in [0.4, 0.5) is 15.8 Å². The Bertz CT molecular complexity index is 971. The monoisotopic (exact) mass is 461 g/mol. The number of hydrogen-bond donors (Lipinski definition) is 1. The average Bonchev–Trinajstić information content (AvgIpc) is 2.79. The van der Waals surface area contributed by atoms with Gasteiger partial charge in [0.15, 0.2) is 0 Å². The normalized spacial score (nSPS) is 14.4. The van der Waals surface area contributed by atoms with Gasteiger partial charge in [0.2, 0.25) is 5.91 Å². The molecule has 0 saturated carbocycles. The van der Waals surface area contributed by atoms with Crippen LogP contribution >= 0.6 is 0 Å². The lowest BCUT2D eigenvalue weighted by Crippen LogP contribution is -2.48. The predicted octanol–water partition coefficient (Wildman–Crippen LogP) is 4.64. The molecular formula is C24H32FN3O3S. The first-order valence-corrected chi connectivity index (χ1v) is 12.8. The number of amides is 1. The Kier molecular flexibility index (Phi) is 8.50. The van der Waals surface area contributed by atoms with Gasteiger partial charge >= 0.3 is 0 Å². The molecule has 1 N–H and O–H groups in total. The van der Waals surface area contributed by atoms with E-state index < -0.39 is 15.8 Å². The molecule has 2 aromatic carbocycles. The van der Waals surface area contributed by atoms with Crippen LogP contribution in [0.2, 0.25) is 0 Å². The number of anilines is 2. The average molecular weight is 462 g/mol. The fraction of sp³-hybridized carbons (Fsp3) is 0.458.